The molecule has 2 heteroatoms. The molecule has 0 bridgehead atoms. The maximum atomic E-state index is 5.79. The molecule has 1 atom stereocenters. The van der Waals surface area contributed by atoms with Crippen LogP contribution in [-0.2, 0) is 9.47 Å². The number of hydrogen-bond donors (Lipinski definition) is 0. The predicted molar refractivity (Wildman–Crippen MR) is 53.6 cm³/mol. The quantitative estimate of drug-likeness (QED) is 0.467. The van der Waals surface area contributed by atoms with E-state index < -0.39 is 0 Å². The standard InChI is InChI=1S/C11H20O2/c1-3-11(8-6-10-13-11)7-5-9-12-4-2/h4H,2-3,5-10H2,1H3. The van der Waals surface area contributed by atoms with Gasteiger partial charge in [0.05, 0.1) is 18.5 Å². The molecule has 1 rings (SSSR count). The highest BCUT2D eigenvalue weighted by molar-refractivity contribution is 4.83. The highest BCUT2D eigenvalue weighted by atomic mass is 16.5. The van der Waals surface area contributed by atoms with Crippen LogP contribution < -0.4 is 0 Å². The Bertz CT molecular complexity index is 148. The van der Waals surface area contributed by atoms with E-state index in [0.29, 0.717) is 0 Å². The maximum Gasteiger partial charge on any atom is 0.0874 e. The van der Waals surface area contributed by atoms with Crippen LogP contribution in [0.4, 0.5) is 0 Å². The van der Waals surface area contributed by atoms with Gasteiger partial charge in [0, 0.05) is 6.61 Å². The van der Waals surface area contributed by atoms with E-state index in [0.717, 1.165) is 32.5 Å². The lowest BCUT2D eigenvalue weighted by molar-refractivity contribution is -0.0106. The first-order chi connectivity index (χ1) is 6.33. The fourth-order valence-electron chi connectivity index (χ4n) is 1.97. The Kier molecular flexibility index (Phi) is 4.29. The van der Waals surface area contributed by atoms with Crippen molar-refractivity contribution in [2.24, 2.45) is 0 Å². The molecule has 1 fully saturated rings. The number of hydrogen-bond acceptors (Lipinski definition) is 2. The van der Waals surface area contributed by atoms with Gasteiger partial charge in [-0.3, -0.25) is 0 Å². The van der Waals surface area contributed by atoms with E-state index >= 15 is 0 Å². The second kappa shape index (κ2) is 5.28. The number of ether oxygens (including phenoxy) is 2. The van der Waals surface area contributed by atoms with Crippen molar-refractivity contribution in [1.29, 1.82) is 0 Å². The summed E-state index contributed by atoms with van der Waals surface area (Å²) in [5.41, 5.74) is 0.171. The van der Waals surface area contributed by atoms with E-state index in [1.54, 1.807) is 0 Å². The lowest BCUT2D eigenvalue weighted by atomic mass is 9.92. The first kappa shape index (κ1) is 10.6. The Morgan fingerprint density at radius 2 is 2.46 bits per heavy atom. The summed E-state index contributed by atoms with van der Waals surface area (Å²) in [5, 5.41) is 0. The van der Waals surface area contributed by atoms with Crippen molar-refractivity contribution < 1.29 is 9.47 Å². The minimum atomic E-state index is 0.171. The number of rotatable bonds is 6. The molecule has 13 heavy (non-hydrogen) atoms. The zero-order valence-corrected chi connectivity index (χ0v) is 8.55. The van der Waals surface area contributed by atoms with Crippen LogP contribution in [0.1, 0.15) is 39.0 Å². The topological polar surface area (TPSA) is 18.5 Å². The van der Waals surface area contributed by atoms with Gasteiger partial charge in [0.15, 0.2) is 0 Å². The van der Waals surface area contributed by atoms with E-state index in [1.807, 2.05) is 0 Å². The molecule has 0 aromatic carbocycles. The van der Waals surface area contributed by atoms with E-state index in [9.17, 15) is 0 Å². The van der Waals surface area contributed by atoms with Gasteiger partial charge < -0.3 is 9.47 Å². The van der Waals surface area contributed by atoms with Crippen LogP contribution in [0, 0.1) is 0 Å². The zero-order valence-electron chi connectivity index (χ0n) is 8.55. The van der Waals surface area contributed by atoms with Gasteiger partial charge in [0.2, 0.25) is 0 Å². The van der Waals surface area contributed by atoms with Crippen LogP contribution in [0.5, 0.6) is 0 Å². The zero-order chi connectivity index (χ0) is 9.57. The van der Waals surface area contributed by atoms with Crippen LogP contribution in [0.2, 0.25) is 0 Å². The third kappa shape index (κ3) is 3.03. The highest BCUT2D eigenvalue weighted by Crippen LogP contribution is 2.33. The normalized spacial score (nSPS) is 27.5. The molecule has 2 nitrogen and oxygen atoms in total. The Balaban J connectivity index is 2.19. The molecular formula is C11H20O2. The summed E-state index contributed by atoms with van der Waals surface area (Å²) in [7, 11) is 0. The maximum absolute atomic E-state index is 5.79. The van der Waals surface area contributed by atoms with E-state index in [2.05, 4.69) is 13.5 Å². The Morgan fingerprint density at radius 3 is 3.00 bits per heavy atom. The molecule has 0 radical (unpaired) electrons. The van der Waals surface area contributed by atoms with Crippen molar-refractivity contribution in [3.63, 3.8) is 0 Å². The molecule has 0 aromatic heterocycles. The second-order valence-corrected chi connectivity index (χ2v) is 3.63. The molecular weight excluding hydrogens is 164 g/mol. The Hall–Kier alpha value is -0.500. The molecule has 0 aliphatic carbocycles. The van der Waals surface area contributed by atoms with Crippen LogP contribution in [0.25, 0.3) is 0 Å². The van der Waals surface area contributed by atoms with Gasteiger partial charge in [-0.1, -0.05) is 13.5 Å². The molecule has 0 N–H and O–H groups in total. The monoisotopic (exact) mass is 184 g/mol. The summed E-state index contributed by atoms with van der Waals surface area (Å²) in [5.74, 6) is 0. The smallest absolute Gasteiger partial charge is 0.0874 e. The molecule has 1 saturated heterocycles. The van der Waals surface area contributed by atoms with Crippen molar-refractivity contribution in [2.75, 3.05) is 13.2 Å². The van der Waals surface area contributed by atoms with Crippen molar-refractivity contribution in [2.45, 2.75) is 44.6 Å². The van der Waals surface area contributed by atoms with Crippen molar-refractivity contribution in [3.05, 3.63) is 12.8 Å². The second-order valence-electron chi connectivity index (χ2n) is 3.63. The largest absolute Gasteiger partial charge is 0.502 e. The SMILES string of the molecule is C=COCCCC1(CC)CCCO1. The van der Waals surface area contributed by atoms with Gasteiger partial charge in [-0.2, -0.15) is 0 Å². The molecule has 1 aliphatic heterocycles. The summed E-state index contributed by atoms with van der Waals surface area (Å²) in [6.45, 7) is 7.44. The predicted octanol–water partition coefficient (Wildman–Crippen LogP) is 2.89. The van der Waals surface area contributed by atoms with Gasteiger partial charge in [-0.25, -0.2) is 0 Å². The van der Waals surface area contributed by atoms with E-state index in [-0.39, 0.29) is 5.60 Å². The summed E-state index contributed by atoms with van der Waals surface area (Å²) in [6, 6.07) is 0. The van der Waals surface area contributed by atoms with Gasteiger partial charge in [-0.05, 0) is 32.1 Å². The molecule has 0 spiro atoms. The van der Waals surface area contributed by atoms with Crippen LogP contribution in [0.15, 0.2) is 12.8 Å². The average Bonchev–Trinajstić information content (AvgIpc) is 2.62. The van der Waals surface area contributed by atoms with E-state index in [4.69, 9.17) is 9.47 Å². The molecule has 1 heterocycles. The summed E-state index contributed by atoms with van der Waals surface area (Å²) < 4.78 is 10.9. The average molecular weight is 184 g/mol. The van der Waals surface area contributed by atoms with Gasteiger partial charge >= 0.3 is 0 Å². The first-order valence-electron chi connectivity index (χ1n) is 5.19. The van der Waals surface area contributed by atoms with Crippen LogP contribution in [0.3, 0.4) is 0 Å². The minimum absolute atomic E-state index is 0.171. The Labute approximate surface area is 80.9 Å². The fourth-order valence-corrected chi connectivity index (χ4v) is 1.97. The summed E-state index contributed by atoms with van der Waals surface area (Å²) in [6.07, 6.45) is 7.26. The minimum Gasteiger partial charge on any atom is -0.502 e. The highest BCUT2D eigenvalue weighted by Gasteiger charge is 2.32. The third-order valence-corrected chi connectivity index (χ3v) is 2.84. The summed E-state index contributed by atoms with van der Waals surface area (Å²) in [4.78, 5) is 0. The molecule has 1 aliphatic rings. The molecule has 0 saturated carbocycles. The van der Waals surface area contributed by atoms with Crippen LogP contribution >= 0.6 is 0 Å². The van der Waals surface area contributed by atoms with Crippen molar-refractivity contribution in [1.82, 2.24) is 0 Å². The lowest BCUT2D eigenvalue weighted by Crippen LogP contribution is -2.26. The lowest BCUT2D eigenvalue weighted by Gasteiger charge is -2.26. The molecule has 76 valence electrons. The fraction of sp³-hybridized carbons (Fsp3) is 0.818. The van der Waals surface area contributed by atoms with Gasteiger partial charge in [0.25, 0.3) is 0 Å². The first-order valence-corrected chi connectivity index (χ1v) is 5.19. The third-order valence-electron chi connectivity index (χ3n) is 2.84. The van der Waals surface area contributed by atoms with Crippen molar-refractivity contribution in [3.8, 4) is 0 Å². The summed E-state index contributed by atoms with van der Waals surface area (Å²) >= 11 is 0. The van der Waals surface area contributed by atoms with Gasteiger partial charge in [0.1, 0.15) is 0 Å². The van der Waals surface area contributed by atoms with Crippen molar-refractivity contribution >= 4 is 0 Å². The van der Waals surface area contributed by atoms with Crippen LogP contribution in [-0.4, -0.2) is 18.8 Å². The van der Waals surface area contributed by atoms with Gasteiger partial charge in [-0.15, -0.1) is 0 Å². The van der Waals surface area contributed by atoms with E-state index in [1.165, 1.54) is 19.1 Å². The molecule has 0 amide bonds. The molecule has 0 aromatic rings. The molecule has 1 unspecified atom stereocenters. The Morgan fingerprint density at radius 1 is 1.62 bits per heavy atom.